The number of nitrogens with zero attached hydrogens (tertiary/aromatic N) is 2. The zero-order valence-corrected chi connectivity index (χ0v) is 22.0. The van der Waals surface area contributed by atoms with Crippen LogP contribution in [-0.2, 0) is 20.9 Å². The highest BCUT2D eigenvalue weighted by Gasteiger charge is 2.32. The molecule has 1 atom stereocenters. The normalized spacial score (nSPS) is 11.7. The Hall–Kier alpha value is -4.98. The summed E-state index contributed by atoms with van der Waals surface area (Å²) >= 11 is 0. The fourth-order valence-electron chi connectivity index (χ4n) is 4.12. The Kier molecular flexibility index (Phi) is 8.68. The molecule has 3 amide bonds. The third-order valence-corrected chi connectivity index (χ3v) is 6.05. The number of carbonyl (C=O) groups excluding carboxylic acids is 3. The van der Waals surface area contributed by atoms with Crippen LogP contribution in [-0.4, -0.2) is 22.9 Å². The number of nitrogens with one attached hydrogen (secondary N) is 2. The van der Waals surface area contributed by atoms with Crippen LogP contribution >= 0.6 is 0 Å². The highest BCUT2D eigenvalue weighted by atomic mass is 16.5. The molecule has 1 unspecified atom stereocenters. The molecular weight excluding hydrogens is 492 g/mol. The molecule has 0 radical (unpaired) electrons. The molecule has 1 aromatic heterocycles. The summed E-state index contributed by atoms with van der Waals surface area (Å²) < 4.78 is 4.96. The van der Waals surface area contributed by atoms with E-state index >= 15 is 0 Å². The Morgan fingerprint density at radius 1 is 0.897 bits per heavy atom. The van der Waals surface area contributed by atoms with Crippen molar-refractivity contribution in [2.75, 3.05) is 10.2 Å². The minimum atomic E-state index is -0.992. The zero-order valence-electron chi connectivity index (χ0n) is 22.0. The number of amides is 3. The van der Waals surface area contributed by atoms with Gasteiger partial charge >= 0.3 is 0 Å². The molecule has 0 aliphatic rings. The molecule has 8 nitrogen and oxygen atoms in total. The van der Waals surface area contributed by atoms with Crippen LogP contribution in [0.25, 0.3) is 0 Å². The van der Waals surface area contributed by atoms with E-state index in [1.807, 2.05) is 92.7 Å². The van der Waals surface area contributed by atoms with E-state index < -0.39 is 17.9 Å². The second kappa shape index (κ2) is 12.5. The second-order valence-electron chi connectivity index (χ2n) is 9.16. The molecule has 0 saturated heterocycles. The van der Waals surface area contributed by atoms with Crippen molar-refractivity contribution in [1.29, 1.82) is 0 Å². The molecule has 4 aromatic rings. The van der Waals surface area contributed by atoms with Gasteiger partial charge in [-0.1, -0.05) is 78.0 Å². The van der Waals surface area contributed by atoms with Crippen molar-refractivity contribution in [2.45, 2.75) is 33.4 Å². The molecule has 198 valence electrons. The topological polar surface area (TPSA) is 105 Å². The highest BCUT2D eigenvalue weighted by molar-refractivity contribution is 6.10. The van der Waals surface area contributed by atoms with E-state index in [4.69, 9.17) is 4.52 Å². The molecule has 8 heteroatoms. The second-order valence-corrected chi connectivity index (χ2v) is 9.16. The third kappa shape index (κ3) is 7.07. The Balaban J connectivity index is 1.70. The Labute approximate surface area is 227 Å². The van der Waals surface area contributed by atoms with E-state index in [9.17, 15) is 14.4 Å². The van der Waals surface area contributed by atoms with Crippen LogP contribution in [0.15, 0.2) is 102 Å². The summed E-state index contributed by atoms with van der Waals surface area (Å²) in [6.07, 6.45) is 2.28. The predicted molar refractivity (Wildman–Crippen MR) is 150 cm³/mol. The average molecular weight is 523 g/mol. The number of anilines is 2. The van der Waals surface area contributed by atoms with Gasteiger partial charge in [0.05, 0.1) is 0 Å². The van der Waals surface area contributed by atoms with Gasteiger partial charge in [0.1, 0.15) is 11.8 Å². The van der Waals surface area contributed by atoms with Gasteiger partial charge in [-0.2, -0.15) is 0 Å². The lowest BCUT2D eigenvalue weighted by atomic mass is 10.0. The van der Waals surface area contributed by atoms with E-state index in [0.29, 0.717) is 23.6 Å². The number of hydrogen-bond donors (Lipinski definition) is 2. The molecule has 0 aliphatic heterocycles. The van der Waals surface area contributed by atoms with Crippen molar-refractivity contribution in [3.05, 3.63) is 125 Å². The standard InChI is InChI=1S/C31H30N4O4/c1-21-14-15-22(2)26(18-21)35(29(37)17-16-28(36)33-27-19-23(3)39-34-27)30(25-12-8-5-9-13-25)31(38)32-20-24-10-6-4-7-11-24/h4-19,30H,20H2,1-3H3,(H,32,38)(H,33,34,36)/b17-16+. The van der Waals surface area contributed by atoms with E-state index in [-0.39, 0.29) is 11.7 Å². The van der Waals surface area contributed by atoms with Crippen molar-refractivity contribution in [3.63, 3.8) is 0 Å². The van der Waals surface area contributed by atoms with Crippen LogP contribution in [0.5, 0.6) is 0 Å². The molecule has 2 N–H and O–H groups in total. The first-order valence-corrected chi connectivity index (χ1v) is 12.5. The van der Waals surface area contributed by atoms with Gasteiger partial charge in [0, 0.05) is 30.5 Å². The fraction of sp³-hybridized carbons (Fsp3) is 0.161. The van der Waals surface area contributed by atoms with Crippen LogP contribution in [0.1, 0.15) is 34.1 Å². The van der Waals surface area contributed by atoms with Crippen LogP contribution in [0.3, 0.4) is 0 Å². The molecule has 39 heavy (non-hydrogen) atoms. The summed E-state index contributed by atoms with van der Waals surface area (Å²) in [5.41, 5.74) is 3.87. The molecule has 0 aliphatic carbocycles. The molecule has 0 fully saturated rings. The average Bonchev–Trinajstić information content (AvgIpc) is 3.35. The Morgan fingerprint density at radius 3 is 2.26 bits per heavy atom. The lowest BCUT2D eigenvalue weighted by Crippen LogP contribution is -2.43. The van der Waals surface area contributed by atoms with Gasteiger partial charge in [-0.15, -0.1) is 0 Å². The van der Waals surface area contributed by atoms with Crippen molar-refractivity contribution in [3.8, 4) is 0 Å². The monoisotopic (exact) mass is 522 g/mol. The Bertz CT molecular complexity index is 1480. The first-order valence-electron chi connectivity index (χ1n) is 12.5. The van der Waals surface area contributed by atoms with E-state index in [0.717, 1.165) is 28.8 Å². The van der Waals surface area contributed by atoms with Crippen molar-refractivity contribution < 1.29 is 18.9 Å². The van der Waals surface area contributed by atoms with Crippen LogP contribution in [0, 0.1) is 20.8 Å². The van der Waals surface area contributed by atoms with Crippen molar-refractivity contribution >= 4 is 29.2 Å². The lowest BCUT2D eigenvalue weighted by Gasteiger charge is -2.32. The number of rotatable bonds is 9. The third-order valence-electron chi connectivity index (χ3n) is 6.05. The van der Waals surface area contributed by atoms with Gasteiger partial charge in [-0.25, -0.2) is 0 Å². The van der Waals surface area contributed by atoms with Crippen LogP contribution in [0.4, 0.5) is 11.5 Å². The molecule has 1 heterocycles. The van der Waals surface area contributed by atoms with Gasteiger partial charge in [0.15, 0.2) is 5.82 Å². The van der Waals surface area contributed by atoms with Gasteiger partial charge in [0.2, 0.25) is 11.8 Å². The van der Waals surface area contributed by atoms with Crippen molar-refractivity contribution in [1.82, 2.24) is 10.5 Å². The first-order chi connectivity index (χ1) is 18.8. The van der Waals surface area contributed by atoms with E-state index in [1.54, 1.807) is 13.0 Å². The summed E-state index contributed by atoms with van der Waals surface area (Å²) in [6, 6.07) is 24.9. The minimum absolute atomic E-state index is 0.239. The summed E-state index contributed by atoms with van der Waals surface area (Å²) in [7, 11) is 0. The number of aromatic nitrogens is 1. The van der Waals surface area contributed by atoms with Gasteiger partial charge in [-0.3, -0.25) is 19.3 Å². The zero-order chi connectivity index (χ0) is 27.8. The summed E-state index contributed by atoms with van der Waals surface area (Å²) in [5.74, 6) is -0.654. The SMILES string of the molecule is Cc1ccc(C)c(N(C(=O)/C=C/C(=O)Nc2cc(C)on2)C(C(=O)NCc2ccccc2)c2ccccc2)c1. The van der Waals surface area contributed by atoms with Crippen LogP contribution in [0.2, 0.25) is 0 Å². The molecule has 3 aromatic carbocycles. The number of hydrogen-bond acceptors (Lipinski definition) is 5. The molecular formula is C31H30N4O4. The van der Waals surface area contributed by atoms with Gasteiger partial charge in [0.25, 0.3) is 5.91 Å². The highest BCUT2D eigenvalue weighted by Crippen LogP contribution is 2.31. The maximum atomic E-state index is 13.8. The fourth-order valence-corrected chi connectivity index (χ4v) is 4.12. The van der Waals surface area contributed by atoms with E-state index in [2.05, 4.69) is 15.8 Å². The van der Waals surface area contributed by atoms with Crippen LogP contribution < -0.4 is 15.5 Å². The summed E-state index contributed by atoms with van der Waals surface area (Å²) in [6.45, 7) is 5.80. The molecule has 0 bridgehead atoms. The van der Waals surface area contributed by atoms with Gasteiger partial charge < -0.3 is 15.2 Å². The number of benzene rings is 3. The number of carbonyl (C=O) groups is 3. The van der Waals surface area contributed by atoms with Gasteiger partial charge in [-0.05, 0) is 49.1 Å². The maximum absolute atomic E-state index is 13.8. The lowest BCUT2D eigenvalue weighted by molar-refractivity contribution is -0.125. The minimum Gasteiger partial charge on any atom is -0.360 e. The predicted octanol–water partition coefficient (Wildman–Crippen LogP) is 5.19. The summed E-state index contributed by atoms with van der Waals surface area (Å²) in [4.78, 5) is 41.5. The smallest absolute Gasteiger partial charge is 0.252 e. The largest absolute Gasteiger partial charge is 0.360 e. The summed E-state index contributed by atoms with van der Waals surface area (Å²) in [5, 5.41) is 9.27. The Morgan fingerprint density at radius 2 is 1.59 bits per heavy atom. The first kappa shape index (κ1) is 27.1. The molecule has 0 spiro atoms. The quantitative estimate of drug-likeness (QED) is 0.295. The van der Waals surface area contributed by atoms with E-state index in [1.165, 1.54) is 4.90 Å². The number of aryl methyl sites for hydroxylation is 3. The molecule has 0 saturated carbocycles. The maximum Gasteiger partial charge on any atom is 0.252 e. The van der Waals surface area contributed by atoms with Crippen molar-refractivity contribution in [2.24, 2.45) is 0 Å². The molecule has 4 rings (SSSR count).